The normalized spacial score (nSPS) is 8.33. The third-order valence-electron chi connectivity index (χ3n) is 0.845. The molecule has 1 heteroatoms. The molecule has 0 heterocycles. The summed E-state index contributed by atoms with van der Waals surface area (Å²) in [5.41, 5.74) is 0. The zero-order valence-corrected chi connectivity index (χ0v) is 5.60. The molecule has 0 radical (unpaired) electrons. The Balaban J connectivity index is 2.76. The minimum atomic E-state index is 0.630. The Bertz CT molecular complexity index is 99.6. The predicted molar refractivity (Wildman–Crippen MR) is 39.1 cm³/mol. The van der Waals surface area contributed by atoms with E-state index in [1.165, 1.54) is 0 Å². The molecular weight excluding hydrogens is 112 g/mol. The summed E-state index contributed by atoms with van der Waals surface area (Å²) in [7, 11) is 0. The molecule has 50 valence electrons. The van der Waals surface area contributed by atoms with Gasteiger partial charge in [-0.2, -0.15) is 0 Å². The van der Waals surface area contributed by atoms with Crippen molar-refractivity contribution in [3.8, 4) is 12.3 Å². The van der Waals surface area contributed by atoms with Crippen LogP contribution in [-0.2, 0) is 4.74 Å². The van der Waals surface area contributed by atoms with Gasteiger partial charge >= 0.3 is 0 Å². The SMILES string of the molecule is C#CCCCOCC=C. The quantitative estimate of drug-likeness (QED) is 0.307. The summed E-state index contributed by atoms with van der Waals surface area (Å²) in [5, 5.41) is 0. The lowest BCUT2D eigenvalue weighted by molar-refractivity contribution is 0.161. The van der Waals surface area contributed by atoms with Gasteiger partial charge in [0, 0.05) is 13.0 Å². The second-order valence-electron chi connectivity index (χ2n) is 1.67. The van der Waals surface area contributed by atoms with Crippen molar-refractivity contribution in [2.75, 3.05) is 13.2 Å². The van der Waals surface area contributed by atoms with Gasteiger partial charge in [0.1, 0.15) is 0 Å². The van der Waals surface area contributed by atoms with Crippen LogP contribution in [0.3, 0.4) is 0 Å². The molecule has 0 aromatic heterocycles. The molecule has 0 N–H and O–H groups in total. The highest BCUT2D eigenvalue weighted by molar-refractivity contribution is 4.82. The molecule has 0 amide bonds. The molecule has 0 spiro atoms. The fourth-order valence-corrected chi connectivity index (χ4v) is 0.443. The number of ether oxygens (including phenoxy) is 1. The van der Waals surface area contributed by atoms with Crippen LogP contribution in [0.25, 0.3) is 0 Å². The summed E-state index contributed by atoms with van der Waals surface area (Å²) in [5.74, 6) is 2.54. The zero-order valence-electron chi connectivity index (χ0n) is 5.60. The van der Waals surface area contributed by atoms with E-state index in [0.29, 0.717) is 6.61 Å². The first kappa shape index (κ1) is 8.26. The van der Waals surface area contributed by atoms with Crippen LogP contribution in [-0.4, -0.2) is 13.2 Å². The minimum Gasteiger partial charge on any atom is -0.377 e. The van der Waals surface area contributed by atoms with Gasteiger partial charge < -0.3 is 4.74 Å². The lowest BCUT2D eigenvalue weighted by Crippen LogP contribution is -1.92. The summed E-state index contributed by atoms with van der Waals surface area (Å²) >= 11 is 0. The standard InChI is InChI=1S/C8H12O/c1-3-5-6-8-9-7-4-2/h1,4H,2,5-8H2. The van der Waals surface area contributed by atoms with Crippen LogP contribution >= 0.6 is 0 Å². The molecule has 0 saturated carbocycles. The summed E-state index contributed by atoms with van der Waals surface area (Å²) in [4.78, 5) is 0. The smallest absolute Gasteiger partial charge is 0.0644 e. The largest absolute Gasteiger partial charge is 0.377 e. The second kappa shape index (κ2) is 7.26. The zero-order chi connectivity index (χ0) is 6.95. The molecule has 0 aromatic rings. The first-order valence-corrected chi connectivity index (χ1v) is 3.04. The van der Waals surface area contributed by atoms with E-state index in [1.807, 2.05) is 0 Å². The predicted octanol–water partition coefficient (Wildman–Crippen LogP) is 1.60. The van der Waals surface area contributed by atoms with Crippen LogP contribution in [0.15, 0.2) is 12.7 Å². The Morgan fingerprint density at radius 2 is 2.44 bits per heavy atom. The highest BCUT2D eigenvalue weighted by atomic mass is 16.5. The van der Waals surface area contributed by atoms with E-state index >= 15 is 0 Å². The van der Waals surface area contributed by atoms with Crippen molar-refractivity contribution in [1.29, 1.82) is 0 Å². The van der Waals surface area contributed by atoms with Gasteiger partial charge in [0.05, 0.1) is 6.61 Å². The fraction of sp³-hybridized carbons (Fsp3) is 0.500. The van der Waals surface area contributed by atoms with Gasteiger partial charge in [-0.1, -0.05) is 6.08 Å². The molecule has 0 bridgehead atoms. The maximum atomic E-state index is 5.07. The number of rotatable bonds is 5. The maximum Gasteiger partial charge on any atom is 0.0644 e. The molecule has 0 atom stereocenters. The monoisotopic (exact) mass is 124 g/mol. The Labute approximate surface area is 56.7 Å². The van der Waals surface area contributed by atoms with Gasteiger partial charge in [0.15, 0.2) is 0 Å². The second-order valence-corrected chi connectivity index (χ2v) is 1.67. The Morgan fingerprint density at radius 3 is 3.00 bits per heavy atom. The first-order chi connectivity index (χ1) is 4.41. The van der Waals surface area contributed by atoms with E-state index in [4.69, 9.17) is 11.2 Å². The van der Waals surface area contributed by atoms with Gasteiger partial charge in [0.2, 0.25) is 0 Å². The van der Waals surface area contributed by atoms with E-state index in [9.17, 15) is 0 Å². The molecule has 0 unspecified atom stereocenters. The van der Waals surface area contributed by atoms with E-state index in [2.05, 4.69) is 12.5 Å². The van der Waals surface area contributed by atoms with E-state index < -0.39 is 0 Å². The highest BCUT2D eigenvalue weighted by Gasteiger charge is 1.81. The van der Waals surface area contributed by atoms with Crippen LogP contribution in [0.5, 0.6) is 0 Å². The van der Waals surface area contributed by atoms with E-state index in [0.717, 1.165) is 19.4 Å². The number of hydrogen-bond acceptors (Lipinski definition) is 1. The third-order valence-corrected chi connectivity index (χ3v) is 0.845. The van der Waals surface area contributed by atoms with Crippen LogP contribution in [0.2, 0.25) is 0 Å². The summed E-state index contributed by atoms with van der Waals surface area (Å²) in [6, 6.07) is 0. The number of hydrogen-bond donors (Lipinski definition) is 0. The lowest BCUT2D eigenvalue weighted by atomic mass is 10.3. The number of unbranched alkanes of at least 4 members (excludes halogenated alkanes) is 1. The topological polar surface area (TPSA) is 9.23 Å². The molecule has 9 heavy (non-hydrogen) atoms. The molecular formula is C8H12O. The molecule has 0 fully saturated rings. The molecule has 0 rings (SSSR count). The maximum absolute atomic E-state index is 5.07. The minimum absolute atomic E-state index is 0.630. The van der Waals surface area contributed by atoms with Gasteiger partial charge in [-0.15, -0.1) is 18.9 Å². The lowest BCUT2D eigenvalue weighted by Gasteiger charge is -1.95. The molecule has 0 aliphatic carbocycles. The molecule has 0 saturated heterocycles. The van der Waals surface area contributed by atoms with Gasteiger partial charge in [-0.3, -0.25) is 0 Å². The van der Waals surface area contributed by atoms with Crippen LogP contribution in [0, 0.1) is 12.3 Å². The summed E-state index contributed by atoms with van der Waals surface area (Å²) in [6.45, 7) is 4.89. The average molecular weight is 124 g/mol. The van der Waals surface area contributed by atoms with Crippen molar-refractivity contribution >= 4 is 0 Å². The van der Waals surface area contributed by atoms with Gasteiger partial charge in [-0.25, -0.2) is 0 Å². The van der Waals surface area contributed by atoms with Crippen molar-refractivity contribution in [3.05, 3.63) is 12.7 Å². The molecule has 1 nitrogen and oxygen atoms in total. The summed E-state index contributed by atoms with van der Waals surface area (Å²) in [6.07, 6.45) is 8.50. The van der Waals surface area contributed by atoms with Crippen molar-refractivity contribution < 1.29 is 4.74 Å². The molecule has 0 aromatic carbocycles. The molecule has 0 aliphatic heterocycles. The van der Waals surface area contributed by atoms with Gasteiger partial charge in [0.25, 0.3) is 0 Å². The van der Waals surface area contributed by atoms with Crippen LogP contribution in [0.4, 0.5) is 0 Å². The van der Waals surface area contributed by atoms with Crippen molar-refractivity contribution in [2.24, 2.45) is 0 Å². The Kier molecular flexibility index (Phi) is 6.66. The van der Waals surface area contributed by atoms with Gasteiger partial charge in [-0.05, 0) is 6.42 Å². The van der Waals surface area contributed by atoms with Crippen LogP contribution < -0.4 is 0 Å². The van der Waals surface area contributed by atoms with Crippen LogP contribution in [0.1, 0.15) is 12.8 Å². The third kappa shape index (κ3) is 7.26. The Morgan fingerprint density at radius 1 is 1.67 bits per heavy atom. The van der Waals surface area contributed by atoms with E-state index in [1.54, 1.807) is 6.08 Å². The first-order valence-electron chi connectivity index (χ1n) is 3.04. The highest BCUT2D eigenvalue weighted by Crippen LogP contribution is 1.86. The van der Waals surface area contributed by atoms with Crippen molar-refractivity contribution in [2.45, 2.75) is 12.8 Å². The summed E-state index contributed by atoms with van der Waals surface area (Å²) < 4.78 is 5.07. The van der Waals surface area contributed by atoms with Crippen molar-refractivity contribution in [3.63, 3.8) is 0 Å². The molecule has 0 aliphatic rings. The van der Waals surface area contributed by atoms with E-state index in [-0.39, 0.29) is 0 Å². The fourth-order valence-electron chi connectivity index (χ4n) is 0.443. The Hall–Kier alpha value is -0.740. The van der Waals surface area contributed by atoms with Crippen molar-refractivity contribution in [1.82, 2.24) is 0 Å². The average Bonchev–Trinajstić information content (AvgIpc) is 1.89. The number of terminal acetylenes is 1.